The van der Waals surface area contributed by atoms with E-state index in [9.17, 15) is 4.79 Å². The second kappa shape index (κ2) is 6.96. The molecule has 0 unspecified atom stereocenters. The molecule has 2 aliphatic rings. The Bertz CT molecular complexity index is 748. The van der Waals surface area contributed by atoms with E-state index in [0.717, 1.165) is 69.0 Å². The highest BCUT2D eigenvalue weighted by Crippen LogP contribution is 2.24. The van der Waals surface area contributed by atoms with Crippen molar-refractivity contribution in [2.24, 2.45) is 5.92 Å². The lowest BCUT2D eigenvalue weighted by Gasteiger charge is -2.37. The van der Waals surface area contributed by atoms with Gasteiger partial charge >= 0.3 is 0 Å². The first-order valence-electron chi connectivity index (χ1n) is 9.15. The molecule has 0 atom stereocenters. The van der Waals surface area contributed by atoms with Crippen LogP contribution in [-0.2, 0) is 4.79 Å². The van der Waals surface area contributed by atoms with Crippen molar-refractivity contribution in [3.8, 4) is 0 Å². The molecule has 2 aliphatic heterocycles. The Morgan fingerprint density at radius 1 is 1.00 bits per heavy atom. The van der Waals surface area contributed by atoms with Crippen molar-refractivity contribution in [2.75, 3.05) is 51.2 Å². The van der Waals surface area contributed by atoms with Crippen LogP contribution in [0.4, 0.5) is 5.82 Å². The first-order chi connectivity index (χ1) is 12.2. The normalized spacial score (nSPS) is 20.2. The Kier molecular flexibility index (Phi) is 4.53. The molecule has 1 aromatic heterocycles. The van der Waals surface area contributed by atoms with Gasteiger partial charge in [-0.3, -0.25) is 9.78 Å². The molecule has 0 N–H and O–H groups in total. The minimum Gasteiger partial charge on any atom is -0.355 e. The monoisotopic (exact) mass is 339 g/mol. The Balaban J connectivity index is 1.38. The van der Waals surface area contributed by atoms with Crippen LogP contribution < -0.4 is 4.90 Å². The van der Waals surface area contributed by atoms with Gasteiger partial charge in [0, 0.05) is 45.2 Å². The molecule has 1 amide bonds. The predicted molar refractivity (Wildman–Crippen MR) is 98.6 cm³/mol. The van der Waals surface area contributed by atoms with E-state index in [1.165, 1.54) is 0 Å². The van der Waals surface area contributed by atoms with Crippen LogP contribution in [0.25, 0.3) is 11.0 Å². The topological polar surface area (TPSA) is 52.6 Å². The number of para-hydroxylation sites is 2. The van der Waals surface area contributed by atoms with Crippen molar-refractivity contribution in [3.05, 3.63) is 30.5 Å². The molecule has 25 heavy (non-hydrogen) atoms. The standard InChI is InChI=1S/C19H25N5O/c1-22-10-12-24(13-11-22)19(25)15-6-8-23(9-7-15)18-14-20-16-4-2-3-5-17(16)21-18/h2-5,14-15H,6-13H2,1H3. The highest BCUT2D eigenvalue weighted by molar-refractivity contribution is 5.79. The van der Waals surface area contributed by atoms with Gasteiger partial charge in [0.25, 0.3) is 0 Å². The second-order valence-electron chi connectivity index (χ2n) is 7.11. The second-order valence-corrected chi connectivity index (χ2v) is 7.11. The lowest BCUT2D eigenvalue weighted by Crippen LogP contribution is -2.50. The number of aromatic nitrogens is 2. The van der Waals surface area contributed by atoms with Gasteiger partial charge < -0.3 is 14.7 Å². The van der Waals surface area contributed by atoms with E-state index < -0.39 is 0 Å². The van der Waals surface area contributed by atoms with Gasteiger partial charge in [0.1, 0.15) is 5.82 Å². The average molecular weight is 339 g/mol. The zero-order valence-electron chi connectivity index (χ0n) is 14.8. The predicted octanol–water partition coefficient (Wildman–Crippen LogP) is 1.62. The van der Waals surface area contributed by atoms with Crippen LogP contribution in [0.1, 0.15) is 12.8 Å². The first-order valence-corrected chi connectivity index (χ1v) is 9.15. The van der Waals surface area contributed by atoms with E-state index in [0.29, 0.717) is 5.91 Å². The van der Waals surface area contributed by atoms with E-state index in [1.54, 1.807) is 0 Å². The number of piperazine rings is 1. The van der Waals surface area contributed by atoms with Crippen molar-refractivity contribution in [3.63, 3.8) is 0 Å². The summed E-state index contributed by atoms with van der Waals surface area (Å²) in [6.07, 6.45) is 3.66. The van der Waals surface area contributed by atoms with Crippen LogP contribution >= 0.6 is 0 Å². The fraction of sp³-hybridized carbons (Fsp3) is 0.526. The number of hydrogen-bond donors (Lipinski definition) is 0. The summed E-state index contributed by atoms with van der Waals surface area (Å²) in [6, 6.07) is 7.94. The van der Waals surface area contributed by atoms with Crippen LogP contribution in [-0.4, -0.2) is 72.0 Å². The maximum absolute atomic E-state index is 12.7. The molecule has 0 bridgehead atoms. The third-order valence-electron chi connectivity index (χ3n) is 5.42. The molecule has 0 spiro atoms. The van der Waals surface area contributed by atoms with Gasteiger partial charge in [0.15, 0.2) is 0 Å². The number of carbonyl (C=O) groups excluding carboxylic acids is 1. The Morgan fingerprint density at radius 3 is 2.40 bits per heavy atom. The van der Waals surface area contributed by atoms with E-state index in [-0.39, 0.29) is 5.92 Å². The summed E-state index contributed by atoms with van der Waals surface area (Å²) in [6.45, 7) is 5.44. The number of hydrogen-bond acceptors (Lipinski definition) is 5. The number of carbonyl (C=O) groups is 1. The highest BCUT2D eigenvalue weighted by atomic mass is 16.2. The van der Waals surface area contributed by atoms with Crippen LogP contribution in [0.5, 0.6) is 0 Å². The van der Waals surface area contributed by atoms with Crippen LogP contribution in [0.3, 0.4) is 0 Å². The maximum Gasteiger partial charge on any atom is 0.225 e. The molecular weight excluding hydrogens is 314 g/mol. The molecule has 0 radical (unpaired) electrons. The minimum absolute atomic E-state index is 0.160. The number of nitrogens with zero attached hydrogens (tertiary/aromatic N) is 5. The van der Waals surface area contributed by atoms with E-state index in [2.05, 4.69) is 26.7 Å². The first kappa shape index (κ1) is 16.3. The quantitative estimate of drug-likeness (QED) is 0.832. The lowest BCUT2D eigenvalue weighted by molar-refractivity contribution is -0.137. The van der Waals surface area contributed by atoms with Gasteiger partial charge in [-0.1, -0.05) is 12.1 Å². The molecule has 0 saturated carbocycles. The number of benzene rings is 1. The van der Waals surface area contributed by atoms with E-state index >= 15 is 0 Å². The van der Waals surface area contributed by atoms with Gasteiger partial charge in [-0.15, -0.1) is 0 Å². The molecule has 2 fully saturated rings. The summed E-state index contributed by atoms with van der Waals surface area (Å²) in [4.78, 5) is 28.6. The third-order valence-corrected chi connectivity index (χ3v) is 5.42. The molecule has 0 aliphatic carbocycles. The highest BCUT2D eigenvalue weighted by Gasteiger charge is 2.30. The summed E-state index contributed by atoms with van der Waals surface area (Å²) in [7, 11) is 2.12. The molecule has 132 valence electrons. The molecule has 2 saturated heterocycles. The van der Waals surface area contributed by atoms with Crippen molar-refractivity contribution < 1.29 is 4.79 Å². The van der Waals surface area contributed by atoms with Crippen LogP contribution in [0.15, 0.2) is 30.5 Å². The number of fused-ring (bicyclic) bond motifs is 1. The van der Waals surface area contributed by atoms with Gasteiger partial charge in [0.05, 0.1) is 17.2 Å². The maximum atomic E-state index is 12.7. The van der Waals surface area contributed by atoms with Crippen molar-refractivity contribution in [2.45, 2.75) is 12.8 Å². The Labute approximate surface area is 148 Å². The average Bonchev–Trinajstić information content (AvgIpc) is 2.68. The van der Waals surface area contributed by atoms with E-state index in [4.69, 9.17) is 4.98 Å². The molecular formula is C19H25N5O. The van der Waals surface area contributed by atoms with Crippen molar-refractivity contribution in [1.82, 2.24) is 19.8 Å². The fourth-order valence-electron chi connectivity index (χ4n) is 3.74. The molecule has 6 nitrogen and oxygen atoms in total. The smallest absolute Gasteiger partial charge is 0.225 e. The summed E-state index contributed by atoms with van der Waals surface area (Å²) >= 11 is 0. The van der Waals surface area contributed by atoms with E-state index in [1.807, 2.05) is 30.5 Å². The van der Waals surface area contributed by atoms with Gasteiger partial charge in [-0.2, -0.15) is 0 Å². The summed E-state index contributed by atoms with van der Waals surface area (Å²) in [5.74, 6) is 1.43. The van der Waals surface area contributed by atoms with Gasteiger partial charge in [-0.05, 0) is 32.0 Å². The Morgan fingerprint density at radius 2 is 1.68 bits per heavy atom. The van der Waals surface area contributed by atoms with Crippen molar-refractivity contribution in [1.29, 1.82) is 0 Å². The zero-order valence-corrected chi connectivity index (χ0v) is 14.8. The van der Waals surface area contributed by atoms with Crippen molar-refractivity contribution >= 4 is 22.8 Å². The third kappa shape index (κ3) is 3.44. The molecule has 3 heterocycles. The molecule has 1 aromatic carbocycles. The summed E-state index contributed by atoms with van der Waals surface area (Å²) in [5.41, 5.74) is 1.85. The summed E-state index contributed by atoms with van der Waals surface area (Å²) in [5, 5.41) is 0. The van der Waals surface area contributed by atoms with Gasteiger partial charge in [0.2, 0.25) is 5.91 Å². The Hall–Kier alpha value is -2.21. The largest absolute Gasteiger partial charge is 0.355 e. The number of anilines is 1. The minimum atomic E-state index is 0.160. The number of rotatable bonds is 2. The zero-order chi connectivity index (χ0) is 17.2. The molecule has 4 rings (SSSR count). The summed E-state index contributed by atoms with van der Waals surface area (Å²) < 4.78 is 0. The molecule has 2 aromatic rings. The lowest BCUT2D eigenvalue weighted by atomic mass is 9.95. The number of amides is 1. The van der Waals surface area contributed by atoms with Gasteiger partial charge in [-0.25, -0.2) is 4.98 Å². The van der Waals surface area contributed by atoms with Crippen LogP contribution in [0.2, 0.25) is 0 Å². The number of likely N-dealkylation sites (N-methyl/N-ethyl adjacent to an activating group) is 1. The molecule has 6 heteroatoms. The van der Waals surface area contributed by atoms with Crippen LogP contribution in [0, 0.1) is 5.92 Å². The number of piperidine rings is 1. The fourth-order valence-corrected chi connectivity index (χ4v) is 3.74. The SMILES string of the molecule is CN1CCN(C(=O)C2CCN(c3cnc4ccccc4n3)CC2)CC1.